The SMILES string of the molecule is CCN(C(=O)c1ccc(Br)cn1)C1CCCCC1. The van der Waals surface area contributed by atoms with Crippen molar-refractivity contribution in [3.8, 4) is 0 Å². The lowest BCUT2D eigenvalue weighted by Gasteiger charge is -2.33. The van der Waals surface area contributed by atoms with Crippen LogP contribution in [0.3, 0.4) is 0 Å². The molecule has 0 bridgehead atoms. The molecule has 4 heteroatoms. The first kappa shape index (κ1) is 13.5. The Labute approximate surface area is 117 Å². The second-order valence-corrected chi connectivity index (χ2v) is 5.66. The predicted octanol–water partition coefficient (Wildman–Crippen LogP) is 3.64. The number of aromatic nitrogens is 1. The van der Waals surface area contributed by atoms with Crippen molar-refractivity contribution < 1.29 is 4.79 Å². The minimum Gasteiger partial charge on any atom is -0.335 e. The van der Waals surface area contributed by atoms with Crippen LogP contribution in [0, 0.1) is 0 Å². The molecule has 1 amide bonds. The van der Waals surface area contributed by atoms with Gasteiger partial charge in [0.25, 0.3) is 5.91 Å². The van der Waals surface area contributed by atoms with Crippen molar-refractivity contribution in [2.45, 2.75) is 45.1 Å². The summed E-state index contributed by atoms with van der Waals surface area (Å²) in [4.78, 5) is 18.6. The van der Waals surface area contributed by atoms with Crippen molar-refractivity contribution in [2.24, 2.45) is 0 Å². The standard InChI is InChI=1S/C14H19BrN2O/c1-2-17(12-6-4-3-5-7-12)14(18)13-9-8-11(15)10-16-13/h8-10,12H,2-7H2,1H3. The van der Waals surface area contributed by atoms with E-state index in [0.29, 0.717) is 11.7 Å². The molecule has 0 N–H and O–H groups in total. The molecule has 3 nitrogen and oxygen atoms in total. The summed E-state index contributed by atoms with van der Waals surface area (Å²) in [6, 6.07) is 4.06. The Morgan fingerprint density at radius 3 is 2.67 bits per heavy atom. The molecule has 18 heavy (non-hydrogen) atoms. The Morgan fingerprint density at radius 2 is 2.11 bits per heavy atom. The molecule has 0 aliphatic heterocycles. The molecule has 2 rings (SSSR count). The van der Waals surface area contributed by atoms with Gasteiger partial charge in [-0.15, -0.1) is 0 Å². The van der Waals surface area contributed by atoms with Crippen molar-refractivity contribution in [3.05, 3.63) is 28.5 Å². The van der Waals surface area contributed by atoms with Crippen LogP contribution in [-0.2, 0) is 0 Å². The van der Waals surface area contributed by atoms with E-state index in [1.165, 1.54) is 19.3 Å². The molecule has 1 aliphatic carbocycles. The summed E-state index contributed by atoms with van der Waals surface area (Å²) in [5.41, 5.74) is 0.547. The van der Waals surface area contributed by atoms with Crippen LogP contribution in [-0.4, -0.2) is 28.4 Å². The Balaban J connectivity index is 2.11. The van der Waals surface area contributed by atoms with Gasteiger partial charge in [-0.3, -0.25) is 4.79 Å². The number of hydrogen-bond acceptors (Lipinski definition) is 2. The van der Waals surface area contributed by atoms with Crippen molar-refractivity contribution in [2.75, 3.05) is 6.54 Å². The zero-order valence-electron chi connectivity index (χ0n) is 10.7. The van der Waals surface area contributed by atoms with Gasteiger partial charge in [-0.1, -0.05) is 19.3 Å². The molecule has 1 aromatic heterocycles. The lowest BCUT2D eigenvalue weighted by Crippen LogP contribution is -2.41. The molecule has 1 aromatic rings. The van der Waals surface area contributed by atoms with E-state index in [-0.39, 0.29) is 5.91 Å². The van der Waals surface area contributed by atoms with Crippen LogP contribution in [0.15, 0.2) is 22.8 Å². The van der Waals surface area contributed by atoms with Crippen LogP contribution in [0.5, 0.6) is 0 Å². The van der Waals surface area contributed by atoms with Crippen LogP contribution < -0.4 is 0 Å². The van der Waals surface area contributed by atoms with Gasteiger partial charge in [0.1, 0.15) is 5.69 Å². The van der Waals surface area contributed by atoms with Gasteiger partial charge in [0.15, 0.2) is 0 Å². The van der Waals surface area contributed by atoms with E-state index < -0.39 is 0 Å². The average molecular weight is 311 g/mol. The fourth-order valence-electron chi connectivity index (χ4n) is 2.61. The maximum Gasteiger partial charge on any atom is 0.272 e. The normalized spacial score (nSPS) is 16.6. The molecule has 1 aliphatic rings. The van der Waals surface area contributed by atoms with E-state index >= 15 is 0 Å². The van der Waals surface area contributed by atoms with Gasteiger partial charge in [-0.05, 0) is 47.8 Å². The minimum absolute atomic E-state index is 0.0666. The smallest absolute Gasteiger partial charge is 0.272 e. The third-order valence-electron chi connectivity index (χ3n) is 3.56. The van der Waals surface area contributed by atoms with E-state index in [2.05, 4.69) is 20.9 Å². The number of rotatable bonds is 3. The van der Waals surface area contributed by atoms with Gasteiger partial charge in [0.2, 0.25) is 0 Å². The zero-order chi connectivity index (χ0) is 13.0. The van der Waals surface area contributed by atoms with Gasteiger partial charge in [0.05, 0.1) is 0 Å². The van der Waals surface area contributed by atoms with Gasteiger partial charge < -0.3 is 4.90 Å². The number of halogens is 1. The summed E-state index contributed by atoms with van der Waals surface area (Å²) in [6.45, 7) is 2.81. The summed E-state index contributed by atoms with van der Waals surface area (Å²) in [5, 5.41) is 0. The van der Waals surface area contributed by atoms with Crippen molar-refractivity contribution in [1.82, 2.24) is 9.88 Å². The zero-order valence-corrected chi connectivity index (χ0v) is 12.3. The van der Waals surface area contributed by atoms with E-state index in [0.717, 1.165) is 23.9 Å². The van der Waals surface area contributed by atoms with E-state index in [9.17, 15) is 4.79 Å². The van der Waals surface area contributed by atoms with E-state index in [1.54, 1.807) is 12.3 Å². The van der Waals surface area contributed by atoms with Crippen LogP contribution in [0.25, 0.3) is 0 Å². The molecule has 98 valence electrons. The predicted molar refractivity (Wildman–Crippen MR) is 75.5 cm³/mol. The fraction of sp³-hybridized carbons (Fsp3) is 0.571. The minimum atomic E-state index is 0.0666. The molecule has 0 aromatic carbocycles. The summed E-state index contributed by atoms with van der Waals surface area (Å²) >= 11 is 3.34. The van der Waals surface area contributed by atoms with Crippen LogP contribution in [0.4, 0.5) is 0 Å². The Hall–Kier alpha value is -0.900. The Morgan fingerprint density at radius 1 is 1.39 bits per heavy atom. The lowest BCUT2D eigenvalue weighted by atomic mass is 9.94. The van der Waals surface area contributed by atoms with E-state index in [4.69, 9.17) is 0 Å². The Kier molecular flexibility index (Phi) is 4.75. The first-order chi connectivity index (χ1) is 8.72. The van der Waals surface area contributed by atoms with Gasteiger partial charge in [-0.2, -0.15) is 0 Å². The molecule has 0 saturated heterocycles. The maximum absolute atomic E-state index is 12.4. The number of pyridine rings is 1. The lowest BCUT2D eigenvalue weighted by molar-refractivity contribution is 0.0642. The second kappa shape index (κ2) is 6.32. The molecule has 1 fully saturated rings. The molecule has 0 radical (unpaired) electrons. The maximum atomic E-state index is 12.4. The topological polar surface area (TPSA) is 33.2 Å². The number of nitrogens with zero attached hydrogens (tertiary/aromatic N) is 2. The highest BCUT2D eigenvalue weighted by molar-refractivity contribution is 9.10. The number of hydrogen-bond donors (Lipinski definition) is 0. The fourth-order valence-corrected chi connectivity index (χ4v) is 2.84. The third-order valence-corrected chi connectivity index (χ3v) is 4.03. The summed E-state index contributed by atoms with van der Waals surface area (Å²) in [6.07, 6.45) is 7.73. The van der Waals surface area contributed by atoms with Crippen LogP contribution in [0.1, 0.15) is 49.5 Å². The van der Waals surface area contributed by atoms with Crippen LogP contribution >= 0.6 is 15.9 Å². The molecule has 0 unspecified atom stereocenters. The summed E-state index contributed by atoms with van der Waals surface area (Å²) in [7, 11) is 0. The summed E-state index contributed by atoms with van der Waals surface area (Å²) in [5.74, 6) is 0.0666. The van der Waals surface area contributed by atoms with Gasteiger partial charge >= 0.3 is 0 Å². The van der Waals surface area contributed by atoms with Crippen LogP contribution in [0.2, 0.25) is 0 Å². The van der Waals surface area contributed by atoms with Crippen molar-refractivity contribution in [3.63, 3.8) is 0 Å². The first-order valence-electron chi connectivity index (χ1n) is 6.65. The number of carbonyl (C=O) groups is 1. The van der Waals surface area contributed by atoms with Crippen molar-refractivity contribution in [1.29, 1.82) is 0 Å². The molecule has 0 spiro atoms. The van der Waals surface area contributed by atoms with E-state index in [1.807, 2.05) is 17.9 Å². The molecule has 0 atom stereocenters. The molecule has 1 saturated carbocycles. The average Bonchev–Trinajstić information content (AvgIpc) is 2.41. The highest BCUT2D eigenvalue weighted by Gasteiger charge is 2.25. The molecular weight excluding hydrogens is 292 g/mol. The third kappa shape index (κ3) is 3.10. The highest BCUT2D eigenvalue weighted by atomic mass is 79.9. The highest BCUT2D eigenvalue weighted by Crippen LogP contribution is 2.23. The molecule has 1 heterocycles. The van der Waals surface area contributed by atoms with Crippen molar-refractivity contribution >= 4 is 21.8 Å². The van der Waals surface area contributed by atoms with Gasteiger partial charge in [0, 0.05) is 23.3 Å². The monoisotopic (exact) mass is 310 g/mol. The largest absolute Gasteiger partial charge is 0.335 e. The quantitative estimate of drug-likeness (QED) is 0.854. The van der Waals surface area contributed by atoms with Gasteiger partial charge in [-0.25, -0.2) is 4.98 Å². The number of carbonyl (C=O) groups excluding carboxylic acids is 1. The second-order valence-electron chi connectivity index (χ2n) is 4.74. The Bertz CT molecular complexity index is 399. The number of amides is 1. The molecular formula is C14H19BrN2O. The summed E-state index contributed by atoms with van der Waals surface area (Å²) < 4.78 is 0.903. The first-order valence-corrected chi connectivity index (χ1v) is 7.44.